The molecule has 1 atom stereocenters. The average Bonchev–Trinajstić information content (AvgIpc) is 2.66. The molecule has 1 unspecified atom stereocenters. The van der Waals surface area contributed by atoms with E-state index in [9.17, 15) is 9.59 Å². The first-order chi connectivity index (χ1) is 8.88. The number of hydrogen-bond acceptors (Lipinski definition) is 3. The van der Waals surface area contributed by atoms with Crippen LogP contribution in [-0.4, -0.2) is 39.1 Å². The van der Waals surface area contributed by atoms with Crippen molar-refractivity contribution in [1.82, 2.24) is 20.0 Å². The summed E-state index contributed by atoms with van der Waals surface area (Å²) in [5.41, 5.74) is 1.74. The van der Waals surface area contributed by atoms with Crippen LogP contribution in [0.4, 0.5) is 0 Å². The van der Waals surface area contributed by atoms with Gasteiger partial charge in [0, 0.05) is 44.9 Å². The summed E-state index contributed by atoms with van der Waals surface area (Å²) in [4.78, 5) is 25.5. The standard InChI is InChI=1S/C13H20N4O2/c1-8(2)14-13(19)11-7-17(9(3)18)6-10-5-16(4)15-12(10)11/h5,8,11H,6-7H2,1-4H3,(H,14,19). The molecule has 0 saturated heterocycles. The molecular weight excluding hydrogens is 244 g/mol. The van der Waals surface area contributed by atoms with Gasteiger partial charge in [-0.25, -0.2) is 0 Å². The zero-order chi connectivity index (χ0) is 14.2. The van der Waals surface area contributed by atoms with E-state index >= 15 is 0 Å². The Morgan fingerprint density at radius 2 is 2.16 bits per heavy atom. The Hall–Kier alpha value is -1.85. The van der Waals surface area contributed by atoms with Gasteiger partial charge in [0.25, 0.3) is 0 Å². The second-order valence-corrected chi connectivity index (χ2v) is 5.33. The van der Waals surface area contributed by atoms with Crippen LogP contribution in [0.2, 0.25) is 0 Å². The largest absolute Gasteiger partial charge is 0.353 e. The highest BCUT2D eigenvalue weighted by molar-refractivity contribution is 5.85. The number of nitrogens with one attached hydrogen (secondary N) is 1. The van der Waals surface area contributed by atoms with Gasteiger partial charge in [-0.1, -0.05) is 0 Å². The Morgan fingerprint density at radius 3 is 2.74 bits per heavy atom. The minimum absolute atomic E-state index is 0.0168. The molecule has 0 bridgehead atoms. The number of fused-ring (bicyclic) bond motifs is 1. The fraction of sp³-hybridized carbons (Fsp3) is 0.615. The van der Waals surface area contributed by atoms with E-state index in [0.29, 0.717) is 13.1 Å². The predicted octanol–water partition coefficient (Wildman–Crippen LogP) is 0.390. The van der Waals surface area contributed by atoms with Crippen LogP contribution in [0.15, 0.2) is 6.20 Å². The van der Waals surface area contributed by atoms with E-state index in [4.69, 9.17) is 0 Å². The van der Waals surface area contributed by atoms with Gasteiger partial charge in [-0.15, -0.1) is 0 Å². The molecule has 6 heteroatoms. The molecule has 104 valence electrons. The summed E-state index contributed by atoms with van der Waals surface area (Å²) in [6, 6.07) is 0.0763. The van der Waals surface area contributed by atoms with Crippen molar-refractivity contribution in [2.45, 2.75) is 39.3 Å². The lowest BCUT2D eigenvalue weighted by molar-refractivity contribution is -0.131. The molecule has 2 heterocycles. The number of carbonyl (C=O) groups is 2. The van der Waals surface area contributed by atoms with Crippen LogP contribution in [-0.2, 0) is 23.2 Å². The fourth-order valence-electron chi connectivity index (χ4n) is 2.38. The maximum atomic E-state index is 12.3. The monoisotopic (exact) mass is 264 g/mol. The van der Waals surface area contributed by atoms with Crippen molar-refractivity contribution in [3.8, 4) is 0 Å². The lowest BCUT2D eigenvalue weighted by atomic mass is 9.95. The first-order valence-electron chi connectivity index (χ1n) is 6.46. The van der Waals surface area contributed by atoms with Crippen LogP contribution in [0.5, 0.6) is 0 Å². The average molecular weight is 264 g/mol. The van der Waals surface area contributed by atoms with E-state index in [1.165, 1.54) is 6.92 Å². The second kappa shape index (κ2) is 5.03. The van der Waals surface area contributed by atoms with Crippen molar-refractivity contribution in [3.05, 3.63) is 17.5 Å². The van der Waals surface area contributed by atoms with E-state index in [0.717, 1.165) is 11.3 Å². The summed E-state index contributed by atoms with van der Waals surface area (Å²) in [6.07, 6.45) is 1.88. The minimum atomic E-state index is -0.378. The third kappa shape index (κ3) is 2.77. The smallest absolute Gasteiger partial charge is 0.231 e. The lowest BCUT2D eigenvalue weighted by Crippen LogP contribution is -2.44. The quantitative estimate of drug-likeness (QED) is 0.840. The maximum Gasteiger partial charge on any atom is 0.231 e. The second-order valence-electron chi connectivity index (χ2n) is 5.33. The van der Waals surface area contributed by atoms with Gasteiger partial charge in [0.2, 0.25) is 11.8 Å². The van der Waals surface area contributed by atoms with Crippen molar-refractivity contribution < 1.29 is 9.59 Å². The molecule has 0 aromatic carbocycles. The first-order valence-corrected chi connectivity index (χ1v) is 6.46. The number of rotatable bonds is 2. The van der Waals surface area contributed by atoms with Gasteiger partial charge in [0.15, 0.2) is 0 Å². The summed E-state index contributed by atoms with van der Waals surface area (Å²) < 4.78 is 1.70. The molecular formula is C13H20N4O2. The Kier molecular flexibility index (Phi) is 3.59. The molecule has 0 saturated carbocycles. The van der Waals surface area contributed by atoms with E-state index in [-0.39, 0.29) is 23.8 Å². The number of hydrogen-bond donors (Lipinski definition) is 1. The Morgan fingerprint density at radius 1 is 1.47 bits per heavy atom. The van der Waals surface area contributed by atoms with Crippen LogP contribution >= 0.6 is 0 Å². The SMILES string of the molecule is CC(=O)N1Cc2cn(C)nc2C(C(=O)NC(C)C)C1. The molecule has 0 spiro atoms. The van der Waals surface area contributed by atoms with Gasteiger partial charge in [-0.05, 0) is 13.8 Å². The van der Waals surface area contributed by atoms with Crippen molar-refractivity contribution in [1.29, 1.82) is 0 Å². The van der Waals surface area contributed by atoms with E-state index in [1.807, 2.05) is 27.1 Å². The number of nitrogens with zero attached hydrogens (tertiary/aromatic N) is 3. The van der Waals surface area contributed by atoms with Crippen LogP contribution in [0.1, 0.15) is 37.9 Å². The maximum absolute atomic E-state index is 12.3. The molecule has 19 heavy (non-hydrogen) atoms. The van der Waals surface area contributed by atoms with E-state index in [2.05, 4.69) is 10.4 Å². The number of aryl methyl sites for hydroxylation is 1. The molecule has 1 aromatic heterocycles. The van der Waals surface area contributed by atoms with Crippen molar-refractivity contribution >= 4 is 11.8 Å². The normalized spacial score (nSPS) is 18.4. The molecule has 6 nitrogen and oxygen atoms in total. The van der Waals surface area contributed by atoms with Gasteiger partial charge in [-0.2, -0.15) is 5.10 Å². The predicted molar refractivity (Wildman–Crippen MR) is 70.3 cm³/mol. The van der Waals surface area contributed by atoms with Gasteiger partial charge >= 0.3 is 0 Å². The lowest BCUT2D eigenvalue weighted by Gasteiger charge is -2.30. The number of amides is 2. The van der Waals surface area contributed by atoms with Crippen LogP contribution in [0.25, 0.3) is 0 Å². The molecule has 2 rings (SSSR count). The topological polar surface area (TPSA) is 67.2 Å². The van der Waals surface area contributed by atoms with Gasteiger partial charge < -0.3 is 10.2 Å². The highest BCUT2D eigenvalue weighted by Gasteiger charge is 2.34. The van der Waals surface area contributed by atoms with Crippen molar-refractivity contribution in [3.63, 3.8) is 0 Å². The molecule has 1 N–H and O–H groups in total. The summed E-state index contributed by atoms with van der Waals surface area (Å²) in [5.74, 6) is -0.464. The molecule has 1 aromatic rings. The minimum Gasteiger partial charge on any atom is -0.353 e. The summed E-state index contributed by atoms with van der Waals surface area (Å²) in [7, 11) is 1.83. The molecule has 1 aliphatic rings. The molecule has 0 radical (unpaired) electrons. The molecule has 0 fully saturated rings. The number of carbonyl (C=O) groups excluding carboxylic acids is 2. The summed E-state index contributed by atoms with van der Waals surface area (Å²) in [6.45, 7) is 6.30. The van der Waals surface area contributed by atoms with Crippen molar-refractivity contribution in [2.75, 3.05) is 6.54 Å². The zero-order valence-electron chi connectivity index (χ0n) is 11.8. The summed E-state index contributed by atoms with van der Waals surface area (Å²) >= 11 is 0. The molecule has 0 aliphatic carbocycles. The Balaban J connectivity index is 2.30. The van der Waals surface area contributed by atoms with Gasteiger partial charge in [-0.3, -0.25) is 14.3 Å². The van der Waals surface area contributed by atoms with Gasteiger partial charge in [0.05, 0.1) is 11.6 Å². The Labute approximate surface area is 112 Å². The number of aromatic nitrogens is 2. The van der Waals surface area contributed by atoms with Crippen LogP contribution in [0.3, 0.4) is 0 Å². The van der Waals surface area contributed by atoms with E-state index < -0.39 is 0 Å². The van der Waals surface area contributed by atoms with Crippen LogP contribution in [0, 0.1) is 0 Å². The third-order valence-electron chi connectivity index (χ3n) is 3.22. The van der Waals surface area contributed by atoms with Gasteiger partial charge in [0.1, 0.15) is 0 Å². The summed E-state index contributed by atoms with van der Waals surface area (Å²) in [5, 5.41) is 7.27. The first kappa shape index (κ1) is 13.6. The zero-order valence-corrected chi connectivity index (χ0v) is 11.8. The Bertz CT molecular complexity index is 507. The van der Waals surface area contributed by atoms with E-state index in [1.54, 1.807) is 9.58 Å². The fourth-order valence-corrected chi connectivity index (χ4v) is 2.38. The molecule has 2 amide bonds. The highest BCUT2D eigenvalue weighted by Crippen LogP contribution is 2.27. The van der Waals surface area contributed by atoms with Crippen LogP contribution < -0.4 is 5.32 Å². The molecule has 1 aliphatic heterocycles. The highest BCUT2D eigenvalue weighted by atomic mass is 16.2. The third-order valence-corrected chi connectivity index (χ3v) is 3.22. The van der Waals surface area contributed by atoms with Crippen molar-refractivity contribution in [2.24, 2.45) is 7.05 Å².